The maximum absolute atomic E-state index is 12.9. The molecule has 0 spiro atoms. The first-order valence-corrected chi connectivity index (χ1v) is 12.2. The second kappa shape index (κ2) is 13.2. The molecule has 12 heteroatoms. The molecule has 2 aromatic carbocycles. The number of carboxylic acids is 1. The number of rotatable bonds is 12. The molecule has 3 aromatic rings. The Morgan fingerprint density at radius 3 is 2.21 bits per heavy atom. The number of ketones is 1. The molecule has 206 valence electrons. The van der Waals surface area contributed by atoms with Crippen LogP contribution in [0.4, 0.5) is 4.79 Å². The van der Waals surface area contributed by atoms with Gasteiger partial charge in [0.25, 0.3) is 5.89 Å². The highest BCUT2D eigenvalue weighted by Gasteiger charge is 2.32. The van der Waals surface area contributed by atoms with Gasteiger partial charge in [0.15, 0.2) is 5.58 Å². The highest BCUT2D eigenvalue weighted by Crippen LogP contribution is 2.17. The highest BCUT2D eigenvalue weighted by molar-refractivity contribution is 6.02. The first kappa shape index (κ1) is 28.8. The van der Waals surface area contributed by atoms with E-state index in [4.69, 9.17) is 9.15 Å². The molecule has 0 fully saturated rings. The van der Waals surface area contributed by atoms with Crippen molar-refractivity contribution in [1.82, 2.24) is 20.9 Å². The van der Waals surface area contributed by atoms with Crippen molar-refractivity contribution < 1.29 is 38.2 Å². The molecule has 1 aromatic heterocycles. The number of Topliss-reactive ketones (excluding diaryl/α,β-unsaturated/α-hetero) is 1. The number of benzene rings is 2. The Morgan fingerprint density at radius 1 is 0.897 bits per heavy atom. The second-order valence-corrected chi connectivity index (χ2v) is 9.17. The number of ether oxygens (including phenoxy) is 1. The van der Waals surface area contributed by atoms with Crippen LogP contribution in [0.2, 0.25) is 0 Å². The molecule has 3 amide bonds. The van der Waals surface area contributed by atoms with Crippen molar-refractivity contribution in [2.75, 3.05) is 0 Å². The van der Waals surface area contributed by atoms with Crippen LogP contribution in [0.25, 0.3) is 11.1 Å². The third-order valence-electron chi connectivity index (χ3n) is 5.70. The molecule has 0 radical (unpaired) electrons. The molecule has 0 saturated heterocycles. The predicted octanol–water partition coefficient (Wildman–Crippen LogP) is 2.43. The van der Waals surface area contributed by atoms with E-state index < -0.39 is 54.2 Å². The molecular weight excluding hydrogens is 508 g/mol. The maximum Gasteiger partial charge on any atom is 0.408 e. The van der Waals surface area contributed by atoms with Crippen molar-refractivity contribution >= 4 is 40.8 Å². The molecule has 1 heterocycles. The van der Waals surface area contributed by atoms with Gasteiger partial charge in [0.05, 0.1) is 6.42 Å². The molecule has 0 saturated carbocycles. The van der Waals surface area contributed by atoms with Crippen LogP contribution in [0.3, 0.4) is 0 Å². The van der Waals surface area contributed by atoms with Crippen LogP contribution < -0.4 is 16.0 Å². The van der Waals surface area contributed by atoms with Crippen LogP contribution in [0.1, 0.15) is 43.4 Å². The number of carbonyl (C=O) groups excluding carboxylic acids is 4. The summed E-state index contributed by atoms with van der Waals surface area (Å²) in [7, 11) is 0. The topological polar surface area (TPSA) is 177 Å². The third kappa shape index (κ3) is 8.12. The normalized spacial score (nSPS) is 13.2. The smallest absolute Gasteiger partial charge is 0.408 e. The van der Waals surface area contributed by atoms with E-state index in [0.717, 1.165) is 5.56 Å². The van der Waals surface area contributed by atoms with Crippen LogP contribution >= 0.6 is 0 Å². The number of alkyl carbamates (subject to hydrolysis) is 1. The minimum Gasteiger partial charge on any atom is -0.481 e. The number of carboxylic acid groups (broad SMARTS) is 1. The Kier molecular flexibility index (Phi) is 9.74. The van der Waals surface area contributed by atoms with E-state index in [2.05, 4.69) is 20.9 Å². The van der Waals surface area contributed by atoms with Crippen molar-refractivity contribution in [2.45, 2.75) is 51.9 Å². The zero-order valence-electron chi connectivity index (χ0n) is 21.7. The van der Waals surface area contributed by atoms with E-state index >= 15 is 0 Å². The number of fused-ring (bicyclic) bond motifs is 1. The van der Waals surface area contributed by atoms with Crippen LogP contribution in [-0.4, -0.2) is 57.9 Å². The van der Waals surface area contributed by atoms with Crippen molar-refractivity contribution in [2.24, 2.45) is 5.92 Å². The Balaban J connectivity index is 1.61. The van der Waals surface area contributed by atoms with E-state index in [1.165, 1.54) is 6.92 Å². The van der Waals surface area contributed by atoms with E-state index in [-0.39, 0.29) is 18.4 Å². The number of aromatic nitrogens is 1. The summed E-state index contributed by atoms with van der Waals surface area (Å²) in [6, 6.07) is 11.9. The number of amides is 3. The van der Waals surface area contributed by atoms with Gasteiger partial charge in [-0.2, -0.15) is 0 Å². The lowest BCUT2D eigenvalue weighted by Gasteiger charge is -2.24. The summed E-state index contributed by atoms with van der Waals surface area (Å²) in [5.74, 6) is -4.34. The summed E-state index contributed by atoms with van der Waals surface area (Å²) in [5, 5.41) is 16.6. The molecule has 3 atom stereocenters. The molecule has 4 N–H and O–H groups in total. The summed E-state index contributed by atoms with van der Waals surface area (Å²) < 4.78 is 10.6. The second-order valence-electron chi connectivity index (χ2n) is 9.17. The lowest BCUT2D eigenvalue weighted by atomic mass is 10.0. The van der Waals surface area contributed by atoms with Crippen LogP contribution in [0, 0.1) is 5.92 Å². The zero-order chi connectivity index (χ0) is 28.5. The number of para-hydroxylation sites is 2. The molecule has 0 bridgehead atoms. The Bertz CT molecular complexity index is 1300. The Hall–Kier alpha value is -4.74. The van der Waals surface area contributed by atoms with Gasteiger partial charge in [-0.1, -0.05) is 56.3 Å². The summed E-state index contributed by atoms with van der Waals surface area (Å²) in [6.45, 7) is 4.78. The minimum absolute atomic E-state index is 0.0109. The number of nitrogens with one attached hydrogen (secondary N) is 3. The van der Waals surface area contributed by atoms with Gasteiger partial charge in [-0.3, -0.25) is 19.2 Å². The Labute approximate surface area is 224 Å². The fourth-order valence-corrected chi connectivity index (χ4v) is 3.60. The standard InChI is InChI=1S/C27H30N4O8/c1-15(2)22(31-27(37)38-14-17-9-5-4-6-10-17)25(36)28-16(3)24(35)29-19(13-21(32)33)23(34)26-30-18-11-7-8-12-20(18)39-26/h4-12,15-16,19,22H,13-14H2,1-3H3,(H,28,36)(H,29,35)(H,31,37)(H,32,33)/t16-,19-,22-/m0/s1. The molecular formula is C27H30N4O8. The van der Waals surface area contributed by atoms with Crippen molar-refractivity contribution in [3.63, 3.8) is 0 Å². The zero-order valence-corrected chi connectivity index (χ0v) is 21.7. The average Bonchev–Trinajstić information content (AvgIpc) is 3.34. The highest BCUT2D eigenvalue weighted by atomic mass is 16.5. The lowest BCUT2D eigenvalue weighted by molar-refractivity contribution is -0.137. The van der Waals surface area contributed by atoms with Crippen LogP contribution in [-0.2, 0) is 25.7 Å². The van der Waals surface area contributed by atoms with Gasteiger partial charge in [0.2, 0.25) is 17.6 Å². The molecule has 3 rings (SSSR count). The SMILES string of the molecule is CC(C)[C@H](NC(=O)OCc1ccccc1)C(=O)N[C@@H](C)C(=O)N[C@@H](CC(=O)O)C(=O)c1nc2ccccc2o1. The molecule has 0 aliphatic heterocycles. The predicted molar refractivity (Wildman–Crippen MR) is 139 cm³/mol. The van der Waals surface area contributed by atoms with Crippen LogP contribution in [0.15, 0.2) is 59.0 Å². The minimum atomic E-state index is -1.49. The summed E-state index contributed by atoms with van der Waals surface area (Å²) >= 11 is 0. The van der Waals surface area contributed by atoms with Crippen LogP contribution in [0.5, 0.6) is 0 Å². The van der Waals surface area contributed by atoms with E-state index in [0.29, 0.717) is 11.1 Å². The largest absolute Gasteiger partial charge is 0.481 e. The summed E-state index contributed by atoms with van der Waals surface area (Å²) in [4.78, 5) is 66.4. The fraction of sp³-hybridized carbons (Fsp3) is 0.333. The third-order valence-corrected chi connectivity index (χ3v) is 5.70. The number of aliphatic carboxylic acids is 1. The van der Waals surface area contributed by atoms with E-state index in [1.807, 2.05) is 6.07 Å². The fourth-order valence-electron chi connectivity index (χ4n) is 3.60. The first-order chi connectivity index (χ1) is 18.5. The molecule has 39 heavy (non-hydrogen) atoms. The van der Waals surface area contributed by atoms with E-state index in [9.17, 15) is 29.1 Å². The van der Waals surface area contributed by atoms with Gasteiger partial charge in [-0.05, 0) is 30.5 Å². The van der Waals surface area contributed by atoms with Gasteiger partial charge < -0.3 is 30.2 Å². The Morgan fingerprint density at radius 2 is 1.56 bits per heavy atom. The number of oxazole rings is 1. The number of hydrogen-bond acceptors (Lipinski definition) is 8. The lowest BCUT2D eigenvalue weighted by Crippen LogP contribution is -2.56. The van der Waals surface area contributed by atoms with Crippen molar-refractivity contribution in [3.05, 3.63) is 66.1 Å². The molecule has 0 aliphatic carbocycles. The average molecular weight is 539 g/mol. The van der Waals surface area contributed by atoms with Gasteiger partial charge in [-0.15, -0.1) is 0 Å². The first-order valence-electron chi connectivity index (χ1n) is 12.2. The van der Waals surface area contributed by atoms with E-state index in [1.54, 1.807) is 62.4 Å². The number of hydrogen-bond donors (Lipinski definition) is 4. The van der Waals surface area contributed by atoms with Crippen molar-refractivity contribution in [3.8, 4) is 0 Å². The van der Waals surface area contributed by atoms with Crippen molar-refractivity contribution in [1.29, 1.82) is 0 Å². The summed E-state index contributed by atoms with van der Waals surface area (Å²) in [6.07, 6.45) is -1.54. The quantitative estimate of drug-likeness (QED) is 0.252. The van der Waals surface area contributed by atoms with Gasteiger partial charge in [0.1, 0.15) is 30.2 Å². The molecule has 12 nitrogen and oxygen atoms in total. The maximum atomic E-state index is 12.9. The van der Waals surface area contributed by atoms with Gasteiger partial charge >= 0.3 is 12.1 Å². The molecule has 0 unspecified atom stereocenters. The van der Waals surface area contributed by atoms with Gasteiger partial charge in [-0.25, -0.2) is 9.78 Å². The molecule has 0 aliphatic rings. The summed E-state index contributed by atoms with van der Waals surface area (Å²) in [5.41, 5.74) is 1.50. The van der Waals surface area contributed by atoms with Gasteiger partial charge in [0, 0.05) is 0 Å². The monoisotopic (exact) mass is 538 g/mol. The number of carbonyl (C=O) groups is 5. The number of nitrogens with zero attached hydrogens (tertiary/aromatic N) is 1.